The first-order valence-corrected chi connectivity index (χ1v) is 8.28. The Bertz CT molecular complexity index is 532. The van der Waals surface area contributed by atoms with Crippen LogP contribution in [0.3, 0.4) is 0 Å². The molecule has 0 bridgehead atoms. The summed E-state index contributed by atoms with van der Waals surface area (Å²) in [4.78, 5) is 12.7. The highest BCUT2D eigenvalue weighted by atomic mass is 16.2. The SMILES string of the molecule is CC1CCc2cccc(NC(=O)C3(C)CCCCC3)c2N1. The number of hydrogen-bond donors (Lipinski definition) is 2. The lowest BCUT2D eigenvalue weighted by atomic mass is 9.75. The van der Waals surface area contributed by atoms with E-state index >= 15 is 0 Å². The Morgan fingerprint density at radius 1 is 1.29 bits per heavy atom. The van der Waals surface area contributed by atoms with E-state index in [0.29, 0.717) is 6.04 Å². The second kappa shape index (κ2) is 5.70. The first-order valence-electron chi connectivity index (χ1n) is 8.28. The highest BCUT2D eigenvalue weighted by Crippen LogP contribution is 2.38. The summed E-state index contributed by atoms with van der Waals surface area (Å²) in [5, 5.41) is 6.73. The van der Waals surface area contributed by atoms with Crippen LogP contribution in [0, 0.1) is 5.41 Å². The van der Waals surface area contributed by atoms with Crippen LogP contribution >= 0.6 is 0 Å². The van der Waals surface area contributed by atoms with E-state index in [1.807, 2.05) is 6.07 Å². The standard InChI is InChI=1S/C18H26N2O/c1-13-9-10-14-7-6-8-15(16(14)19-13)20-17(21)18(2)11-4-3-5-12-18/h6-8,13,19H,3-5,9-12H2,1-2H3,(H,20,21). The van der Waals surface area contributed by atoms with Gasteiger partial charge in [-0.15, -0.1) is 0 Å². The third-order valence-electron chi connectivity index (χ3n) is 5.14. The van der Waals surface area contributed by atoms with Crippen LogP contribution in [0.2, 0.25) is 0 Å². The van der Waals surface area contributed by atoms with Crippen molar-refractivity contribution < 1.29 is 4.79 Å². The monoisotopic (exact) mass is 286 g/mol. The molecule has 1 heterocycles. The molecule has 1 aliphatic heterocycles. The summed E-state index contributed by atoms with van der Waals surface area (Å²) in [6.07, 6.45) is 7.88. The van der Waals surface area contributed by atoms with Crippen molar-refractivity contribution in [2.24, 2.45) is 5.41 Å². The number of anilines is 2. The number of carbonyl (C=O) groups is 1. The Balaban J connectivity index is 1.80. The van der Waals surface area contributed by atoms with E-state index in [0.717, 1.165) is 37.1 Å². The molecule has 0 radical (unpaired) electrons. The second-order valence-corrected chi connectivity index (χ2v) is 7.00. The van der Waals surface area contributed by atoms with E-state index in [1.165, 1.54) is 24.8 Å². The predicted octanol–water partition coefficient (Wildman–Crippen LogP) is 4.34. The topological polar surface area (TPSA) is 41.1 Å². The number of carbonyl (C=O) groups excluding carboxylic acids is 1. The average Bonchev–Trinajstić information content (AvgIpc) is 2.48. The molecule has 1 aromatic rings. The van der Waals surface area contributed by atoms with Gasteiger partial charge in [0.2, 0.25) is 5.91 Å². The highest BCUT2D eigenvalue weighted by molar-refractivity contribution is 5.98. The number of para-hydroxylation sites is 1. The lowest BCUT2D eigenvalue weighted by Crippen LogP contribution is -2.35. The van der Waals surface area contributed by atoms with Gasteiger partial charge in [-0.05, 0) is 44.2 Å². The van der Waals surface area contributed by atoms with Gasteiger partial charge in [0.25, 0.3) is 0 Å². The number of rotatable bonds is 2. The molecule has 1 saturated carbocycles. The molecule has 114 valence electrons. The van der Waals surface area contributed by atoms with Crippen LogP contribution < -0.4 is 10.6 Å². The molecule has 1 fully saturated rings. The quantitative estimate of drug-likeness (QED) is 0.849. The molecule has 0 aromatic heterocycles. The van der Waals surface area contributed by atoms with Crippen LogP contribution in [0.4, 0.5) is 11.4 Å². The normalized spacial score (nSPS) is 23.8. The fourth-order valence-electron chi connectivity index (χ4n) is 3.61. The van der Waals surface area contributed by atoms with Gasteiger partial charge in [-0.25, -0.2) is 0 Å². The van der Waals surface area contributed by atoms with Crippen molar-refractivity contribution in [1.82, 2.24) is 0 Å². The maximum absolute atomic E-state index is 12.7. The zero-order chi connectivity index (χ0) is 14.9. The van der Waals surface area contributed by atoms with Crippen molar-refractivity contribution >= 4 is 17.3 Å². The fourth-order valence-corrected chi connectivity index (χ4v) is 3.61. The summed E-state index contributed by atoms with van der Waals surface area (Å²) < 4.78 is 0. The molecule has 1 aromatic carbocycles. The van der Waals surface area contributed by atoms with Gasteiger partial charge in [0.05, 0.1) is 11.4 Å². The molecule has 3 heteroatoms. The van der Waals surface area contributed by atoms with E-state index in [2.05, 4.69) is 36.6 Å². The Morgan fingerprint density at radius 2 is 2.05 bits per heavy atom. The molecule has 1 atom stereocenters. The summed E-state index contributed by atoms with van der Waals surface area (Å²) in [7, 11) is 0. The van der Waals surface area contributed by atoms with Gasteiger partial charge in [0, 0.05) is 11.5 Å². The second-order valence-electron chi connectivity index (χ2n) is 7.00. The molecule has 1 amide bonds. The Labute approximate surface area is 127 Å². The molecular weight excluding hydrogens is 260 g/mol. The zero-order valence-corrected chi connectivity index (χ0v) is 13.2. The van der Waals surface area contributed by atoms with E-state index in [-0.39, 0.29) is 11.3 Å². The van der Waals surface area contributed by atoms with Gasteiger partial charge in [0.15, 0.2) is 0 Å². The van der Waals surface area contributed by atoms with E-state index in [1.54, 1.807) is 0 Å². The number of fused-ring (bicyclic) bond motifs is 1. The number of nitrogens with one attached hydrogen (secondary N) is 2. The predicted molar refractivity (Wildman–Crippen MR) is 87.7 cm³/mol. The van der Waals surface area contributed by atoms with Crippen molar-refractivity contribution in [3.05, 3.63) is 23.8 Å². The van der Waals surface area contributed by atoms with Gasteiger partial charge in [-0.1, -0.05) is 38.3 Å². The zero-order valence-electron chi connectivity index (χ0n) is 13.2. The van der Waals surface area contributed by atoms with Gasteiger partial charge < -0.3 is 10.6 Å². The number of aryl methyl sites for hydroxylation is 1. The van der Waals surface area contributed by atoms with Crippen LogP contribution in [0.5, 0.6) is 0 Å². The van der Waals surface area contributed by atoms with Gasteiger partial charge in [-0.3, -0.25) is 4.79 Å². The van der Waals surface area contributed by atoms with Gasteiger partial charge >= 0.3 is 0 Å². The van der Waals surface area contributed by atoms with Crippen molar-refractivity contribution in [2.75, 3.05) is 10.6 Å². The van der Waals surface area contributed by atoms with Crippen molar-refractivity contribution in [3.8, 4) is 0 Å². The minimum Gasteiger partial charge on any atom is -0.381 e. The summed E-state index contributed by atoms with van der Waals surface area (Å²) in [5.74, 6) is 0.190. The molecule has 2 aliphatic rings. The highest BCUT2D eigenvalue weighted by Gasteiger charge is 2.35. The Kier molecular flexibility index (Phi) is 3.92. The first-order chi connectivity index (χ1) is 10.1. The van der Waals surface area contributed by atoms with Crippen LogP contribution in [-0.4, -0.2) is 11.9 Å². The summed E-state index contributed by atoms with van der Waals surface area (Å²) in [6, 6.07) is 6.70. The fraction of sp³-hybridized carbons (Fsp3) is 0.611. The molecule has 2 N–H and O–H groups in total. The largest absolute Gasteiger partial charge is 0.381 e. The van der Waals surface area contributed by atoms with Crippen molar-refractivity contribution in [2.45, 2.75) is 64.8 Å². The number of hydrogen-bond acceptors (Lipinski definition) is 2. The van der Waals surface area contributed by atoms with Crippen molar-refractivity contribution in [1.29, 1.82) is 0 Å². The van der Waals surface area contributed by atoms with Crippen LogP contribution in [0.1, 0.15) is 57.9 Å². The molecule has 0 spiro atoms. The lowest BCUT2D eigenvalue weighted by molar-refractivity contribution is -0.126. The maximum atomic E-state index is 12.7. The van der Waals surface area contributed by atoms with Crippen LogP contribution in [0.25, 0.3) is 0 Å². The summed E-state index contributed by atoms with van der Waals surface area (Å²) in [5.41, 5.74) is 3.21. The molecule has 3 nitrogen and oxygen atoms in total. The smallest absolute Gasteiger partial charge is 0.230 e. The third kappa shape index (κ3) is 2.92. The van der Waals surface area contributed by atoms with E-state index in [9.17, 15) is 4.79 Å². The molecule has 21 heavy (non-hydrogen) atoms. The first kappa shape index (κ1) is 14.4. The summed E-state index contributed by atoms with van der Waals surface area (Å²) >= 11 is 0. The molecule has 0 saturated heterocycles. The minimum absolute atomic E-state index is 0.190. The molecular formula is C18H26N2O. The Morgan fingerprint density at radius 3 is 2.81 bits per heavy atom. The third-order valence-corrected chi connectivity index (χ3v) is 5.14. The minimum atomic E-state index is -0.193. The van der Waals surface area contributed by atoms with Gasteiger partial charge in [-0.2, -0.15) is 0 Å². The lowest BCUT2D eigenvalue weighted by Gasteiger charge is -2.33. The molecule has 3 rings (SSSR count). The number of amides is 1. The number of benzene rings is 1. The maximum Gasteiger partial charge on any atom is 0.230 e. The van der Waals surface area contributed by atoms with Crippen LogP contribution in [0.15, 0.2) is 18.2 Å². The average molecular weight is 286 g/mol. The molecule has 1 unspecified atom stereocenters. The van der Waals surface area contributed by atoms with E-state index in [4.69, 9.17) is 0 Å². The molecule has 1 aliphatic carbocycles. The van der Waals surface area contributed by atoms with Crippen LogP contribution in [-0.2, 0) is 11.2 Å². The van der Waals surface area contributed by atoms with E-state index < -0.39 is 0 Å². The van der Waals surface area contributed by atoms with Gasteiger partial charge in [0.1, 0.15) is 0 Å². The van der Waals surface area contributed by atoms with Crippen molar-refractivity contribution in [3.63, 3.8) is 0 Å². The Hall–Kier alpha value is -1.51. The summed E-state index contributed by atoms with van der Waals surface area (Å²) in [6.45, 7) is 4.32.